The van der Waals surface area contributed by atoms with Crippen LogP contribution in [0, 0.1) is 83.1 Å². The number of Topliss-reactive ketones (excluding diaryl/α,β-unsaturated/α-hetero) is 1. The maximum absolute atomic E-state index is 11.3. The van der Waals surface area contributed by atoms with Crippen molar-refractivity contribution in [1.82, 2.24) is 0 Å². The predicted molar refractivity (Wildman–Crippen MR) is 184 cm³/mol. The third-order valence-corrected chi connectivity index (χ3v) is 9.50. The second-order valence-electron chi connectivity index (χ2n) is 12.3. The van der Waals surface area contributed by atoms with E-state index in [0.717, 1.165) is 11.1 Å². The van der Waals surface area contributed by atoms with Gasteiger partial charge in [-0.15, -0.1) is 0 Å². The summed E-state index contributed by atoms with van der Waals surface area (Å²) in [5.74, 6) is 0.156. The van der Waals surface area contributed by atoms with E-state index in [2.05, 4.69) is 109 Å². The average molecular weight is 553 g/mol. The van der Waals surface area contributed by atoms with Gasteiger partial charge in [0.25, 0.3) is 0 Å². The number of carbonyl (C=O) groups is 1. The Balaban J connectivity index is 0.000000344. The van der Waals surface area contributed by atoms with Crippen LogP contribution in [-0.4, -0.2) is 5.78 Å². The van der Waals surface area contributed by atoms with Crippen LogP contribution in [0.3, 0.4) is 0 Å². The molecule has 0 N–H and O–H groups in total. The Morgan fingerprint density at radius 2 is 0.780 bits per heavy atom. The molecule has 0 atom stereocenters. The molecule has 3 rings (SSSR count). The van der Waals surface area contributed by atoms with E-state index in [4.69, 9.17) is 0 Å². The molecule has 1 nitrogen and oxygen atoms in total. The molecule has 3 aromatic rings. The van der Waals surface area contributed by atoms with Gasteiger partial charge in [0.1, 0.15) is 0 Å². The Morgan fingerprint density at radius 3 is 1.05 bits per heavy atom. The molecule has 3 aromatic carbocycles. The minimum Gasteiger partial charge on any atom is -0.295 e. The molecule has 0 radical (unpaired) electrons. The summed E-state index contributed by atoms with van der Waals surface area (Å²) in [5, 5.41) is 0. The van der Waals surface area contributed by atoms with Crippen LogP contribution in [0.4, 0.5) is 0 Å². The van der Waals surface area contributed by atoms with E-state index in [0.29, 0.717) is 0 Å². The van der Waals surface area contributed by atoms with E-state index >= 15 is 0 Å². The van der Waals surface area contributed by atoms with Gasteiger partial charge < -0.3 is 0 Å². The summed E-state index contributed by atoms with van der Waals surface area (Å²) in [6.45, 7) is 39.9. The van der Waals surface area contributed by atoms with Gasteiger partial charge in [0.15, 0.2) is 5.78 Å². The molecule has 0 aliphatic rings. The first-order valence-corrected chi connectivity index (χ1v) is 14.8. The summed E-state index contributed by atoms with van der Waals surface area (Å²) < 4.78 is 0. The van der Waals surface area contributed by atoms with E-state index in [1.807, 2.05) is 26.8 Å². The standard InChI is InChI=1S/C20H26.C12H16O.C8H14/c1-11-9-19(17(7)15(5)13(11)3)20-10-12(2)14(4)16(6)18(20)8;1-7-6-12(11(5)13)10(4)9(3)8(7)2;1-6(2)8(5)7(3)4/h9-10H,1-8H3;6H,1-5H3;1H2,2-5H3. The Hall–Kier alpha value is -3.19. The van der Waals surface area contributed by atoms with Crippen LogP contribution < -0.4 is 0 Å². The molecule has 0 aliphatic heterocycles. The largest absolute Gasteiger partial charge is 0.295 e. The first kappa shape index (κ1) is 35.8. The zero-order chi connectivity index (χ0) is 32.1. The number of benzene rings is 3. The first-order valence-electron chi connectivity index (χ1n) is 14.8. The zero-order valence-electron chi connectivity index (χ0n) is 29.3. The smallest absolute Gasteiger partial charge is 0.160 e. The van der Waals surface area contributed by atoms with Gasteiger partial charge in [-0.25, -0.2) is 0 Å². The van der Waals surface area contributed by atoms with Gasteiger partial charge in [0, 0.05) is 5.56 Å². The second-order valence-corrected chi connectivity index (χ2v) is 12.3. The summed E-state index contributed by atoms with van der Waals surface area (Å²) in [7, 11) is 0. The van der Waals surface area contributed by atoms with E-state index < -0.39 is 0 Å². The van der Waals surface area contributed by atoms with E-state index in [9.17, 15) is 4.79 Å². The quantitative estimate of drug-likeness (QED) is 0.233. The Bertz CT molecular complexity index is 1440. The van der Waals surface area contributed by atoms with Crippen LogP contribution in [0.15, 0.2) is 41.5 Å². The molecular formula is C40H56O. The second kappa shape index (κ2) is 14.6. The lowest BCUT2D eigenvalue weighted by atomic mass is 9.86. The van der Waals surface area contributed by atoms with Gasteiger partial charge in [-0.3, -0.25) is 4.79 Å². The van der Waals surface area contributed by atoms with Crippen molar-refractivity contribution >= 4 is 5.78 Å². The highest BCUT2D eigenvalue weighted by atomic mass is 16.1. The van der Waals surface area contributed by atoms with Crippen molar-refractivity contribution in [2.45, 2.75) is 118 Å². The molecular weight excluding hydrogens is 496 g/mol. The minimum absolute atomic E-state index is 0.156. The first-order chi connectivity index (χ1) is 18.8. The highest BCUT2D eigenvalue weighted by molar-refractivity contribution is 5.96. The van der Waals surface area contributed by atoms with Gasteiger partial charge in [0.2, 0.25) is 0 Å². The van der Waals surface area contributed by atoms with Crippen molar-refractivity contribution in [3.8, 4) is 11.1 Å². The number of rotatable bonds is 3. The Morgan fingerprint density at radius 1 is 0.463 bits per heavy atom. The van der Waals surface area contributed by atoms with Crippen molar-refractivity contribution in [2.24, 2.45) is 0 Å². The number of allylic oxidation sites excluding steroid dienone is 3. The highest BCUT2D eigenvalue weighted by Gasteiger charge is 2.14. The molecule has 0 aliphatic carbocycles. The van der Waals surface area contributed by atoms with Gasteiger partial charge in [-0.05, 0) is 202 Å². The molecule has 0 spiro atoms. The molecule has 0 heterocycles. The maximum Gasteiger partial charge on any atom is 0.160 e. The maximum atomic E-state index is 11.3. The number of ketones is 1. The molecule has 41 heavy (non-hydrogen) atoms. The summed E-state index contributed by atoms with van der Waals surface area (Å²) in [5.41, 5.74) is 23.7. The summed E-state index contributed by atoms with van der Waals surface area (Å²) >= 11 is 0. The number of hydrogen-bond acceptors (Lipinski definition) is 1. The van der Waals surface area contributed by atoms with Crippen molar-refractivity contribution in [2.75, 3.05) is 0 Å². The molecule has 0 saturated carbocycles. The van der Waals surface area contributed by atoms with Crippen LogP contribution in [0.2, 0.25) is 0 Å². The average Bonchev–Trinajstić information content (AvgIpc) is 2.91. The topological polar surface area (TPSA) is 17.1 Å². The number of carbonyl (C=O) groups excluding carboxylic acids is 1. The lowest BCUT2D eigenvalue weighted by Gasteiger charge is -2.19. The van der Waals surface area contributed by atoms with Crippen LogP contribution in [0.1, 0.15) is 112 Å². The fourth-order valence-corrected chi connectivity index (χ4v) is 4.99. The normalized spacial score (nSPS) is 10.3. The molecule has 0 amide bonds. The zero-order valence-corrected chi connectivity index (χ0v) is 29.3. The van der Waals surface area contributed by atoms with E-state index in [1.54, 1.807) is 6.92 Å². The van der Waals surface area contributed by atoms with Crippen molar-refractivity contribution in [1.29, 1.82) is 0 Å². The molecule has 1 heteroatoms. The van der Waals surface area contributed by atoms with Gasteiger partial charge in [-0.2, -0.15) is 0 Å². The molecule has 0 unspecified atom stereocenters. The fourth-order valence-electron chi connectivity index (χ4n) is 4.99. The van der Waals surface area contributed by atoms with Crippen LogP contribution >= 0.6 is 0 Å². The predicted octanol–water partition coefficient (Wildman–Crippen LogP) is 11.9. The van der Waals surface area contributed by atoms with Crippen molar-refractivity contribution in [3.05, 3.63) is 114 Å². The summed E-state index contributed by atoms with van der Waals surface area (Å²) in [6.07, 6.45) is 0. The third kappa shape index (κ3) is 8.41. The molecule has 222 valence electrons. The van der Waals surface area contributed by atoms with Crippen LogP contribution in [0.5, 0.6) is 0 Å². The molecule has 0 bridgehead atoms. The molecule has 0 saturated heterocycles. The van der Waals surface area contributed by atoms with E-state index in [1.165, 1.54) is 89.0 Å². The summed E-state index contributed by atoms with van der Waals surface area (Å²) in [4.78, 5) is 11.3. The number of aryl methyl sites for hydroxylation is 3. The van der Waals surface area contributed by atoms with E-state index in [-0.39, 0.29) is 5.78 Å². The Kier molecular flexibility index (Phi) is 12.8. The van der Waals surface area contributed by atoms with Gasteiger partial charge in [0.05, 0.1) is 0 Å². The van der Waals surface area contributed by atoms with Crippen LogP contribution in [-0.2, 0) is 0 Å². The SMILES string of the molecule is C=C(C)C(C)=C(C)C.CC(=O)c1cc(C)c(C)c(C)c1C.Cc1cc(-c2cc(C)c(C)c(C)c2C)c(C)c(C)c1C. The van der Waals surface area contributed by atoms with Crippen molar-refractivity contribution < 1.29 is 4.79 Å². The molecule has 0 aromatic heterocycles. The lowest BCUT2D eigenvalue weighted by Crippen LogP contribution is -2.01. The summed E-state index contributed by atoms with van der Waals surface area (Å²) in [6, 6.07) is 6.70. The Labute approximate surface area is 252 Å². The molecule has 0 fully saturated rings. The third-order valence-electron chi connectivity index (χ3n) is 9.50. The number of hydrogen-bond donors (Lipinski definition) is 0. The fraction of sp³-hybridized carbons (Fsp3) is 0.425. The van der Waals surface area contributed by atoms with Crippen LogP contribution in [0.25, 0.3) is 11.1 Å². The lowest BCUT2D eigenvalue weighted by molar-refractivity contribution is 0.101. The van der Waals surface area contributed by atoms with Gasteiger partial charge in [-0.1, -0.05) is 35.4 Å². The highest BCUT2D eigenvalue weighted by Crippen LogP contribution is 2.35. The minimum atomic E-state index is 0.156. The van der Waals surface area contributed by atoms with Crippen molar-refractivity contribution in [3.63, 3.8) is 0 Å². The monoisotopic (exact) mass is 552 g/mol. The van der Waals surface area contributed by atoms with Gasteiger partial charge >= 0.3 is 0 Å².